The van der Waals surface area contributed by atoms with Gasteiger partial charge in [-0.2, -0.15) is 0 Å². The molecule has 166 valence electrons. The van der Waals surface area contributed by atoms with Crippen molar-refractivity contribution in [3.8, 4) is 11.3 Å². The van der Waals surface area contributed by atoms with Crippen LogP contribution in [0.5, 0.6) is 0 Å². The molecule has 0 unspecified atom stereocenters. The fourth-order valence-electron chi connectivity index (χ4n) is 5.22. The number of aromatic amines is 1. The number of nitrogens with zero attached hydrogens (tertiary/aromatic N) is 2. The van der Waals surface area contributed by atoms with Crippen molar-refractivity contribution in [2.45, 2.75) is 51.9 Å². The predicted octanol–water partition coefficient (Wildman–Crippen LogP) is 4.41. The van der Waals surface area contributed by atoms with Crippen molar-refractivity contribution in [3.63, 3.8) is 0 Å². The van der Waals surface area contributed by atoms with Crippen LogP contribution in [-0.4, -0.2) is 33.4 Å². The standard InChI is InChI=1S/C26H31N5O/c1-15(2)24-21-11-18(17-6-8-28-9-7-17)4-5-22(21)30-25(24)19-10-16(3)26-29-13-20(12-23(27)32)31(26)14-19/h4-5,10-11,13-15,17,28,30H,6-9,12H2,1-3H3,(H2,27,32). The number of fused-ring (bicyclic) bond motifs is 2. The molecule has 4 heterocycles. The number of rotatable bonds is 5. The van der Waals surface area contributed by atoms with Gasteiger partial charge in [0.05, 0.1) is 17.8 Å². The number of H-pyrrole nitrogens is 1. The number of hydrogen-bond acceptors (Lipinski definition) is 3. The fraction of sp³-hybridized carbons (Fsp3) is 0.385. The summed E-state index contributed by atoms with van der Waals surface area (Å²) in [6, 6.07) is 9.11. The van der Waals surface area contributed by atoms with Crippen LogP contribution in [0.25, 0.3) is 27.8 Å². The number of amides is 1. The Morgan fingerprint density at radius 1 is 1.25 bits per heavy atom. The van der Waals surface area contributed by atoms with E-state index >= 15 is 0 Å². The van der Waals surface area contributed by atoms with Gasteiger partial charge in [-0.05, 0) is 79.6 Å². The summed E-state index contributed by atoms with van der Waals surface area (Å²) in [7, 11) is 0. The van der Waals surface area contributed by atoms with Gasteiger partial charge in [0, 0.05) is 28.9 Å². The molecule has 1 amide bonds. The highest BCUT2D eigenvalue weighted by atomic mass is 16.1. The van der Waals surface area contributed by atoms with E-state index in [0.29, 0.717) is 11.8 Å². The molecule has 32 heavy (non-hydrogen) atoms. The summed E-state index contributed by atoms with van der Waals surface area (Å²) in [4.78, 5) is 19.8. The van der Waals surface area contributed by atoms with Crippen molar-refractivity contribution in [1.82, 2.24) is 19.7 Å². The lowest BCUT2D eigenvalue weighted by Crippen LogP contribution is -2.26. The molecule has 1 aliphatic rings. The predicted molar refractivity (Wildman–Crippen MR) is 129 cm³/mol. The Labute approximate surface area is 188 Å². The van der Waals surface area contributed by atoms with Crippen LogP contribution < -0.4 is 11.1 Å². The largest absolute Gasteiger partial charge is 0.369 e. The average Bonchev–Trinajstić information content (AvgIpc) is 3.35. The Hall–Kier alpha value is -3.12. The first kappa shape index (κ1) is 20.8. The molecule has 6 nitrogen and oxygen atoms in total. The van der Waals surface area contributed by atoms with Gasteiger partial charge in [0.25, 0.3) is 0 Å². The van der Waals surface area contributed by atoms with E-state index in [-0.39, 0.29) is 12.3 Å². The number of nitrogens with one attached hydrogen (secondary N) is 2. The van der Waals surface area contributed by atoms with Gasteiger partial charge >= 0.3 is 0 Å². The SMILES string of the molecule is Cc1cc(-c2[nH]c3ccc(C4CCNCC4)cc3c2C(C)C)cn2c(CC(N)=O)cnc12. The van der Waals surface area contributed by atoms with Gasteiger partial charge in [0.1, 0.15) is 5.65 Å². The first-order valence-corrected chi connectivity index (χ1v) is 11.5. The molecule has 3 aromatic heterocycles. The van der Waals surface area contributed by atoms with Crippen molar-refractivity contribution in [1.29, 1.82) is 0 Å². The summed E-state index contributed by atoms with van der Waals surface area (Å²) in [6.07, 6.45) is 6.39. The molecule has 0 radical (unpaired) electrons. The molecule has 1 fully saturated rings. The zero-order chi connectivity index (χ0) is 22.4. The normalized spacial score (nSPS) is 15.2. The lowest BCUT2D eigenvalue weighted by Gasteiger charge is -2.23. The van der Waals surface area contributed by atoms with Gasteiger partial charge in [-0.15, -0.1) is 0 Å². The van der Waals surface area contributed by atoms with E-state index in [1.165, 1.54) is 34.9 Å². The highest BCUT2D eigenvalue weighted by molar-refractivity contribution is 5.92. The van der Waals surface area contributed by atoms with Gasteiger partial charge in [-0.1, -0.05) is 19.9 Å². The Bertz CT molecular complexity index is 1310. The summed E-state index contributed by atoms with van der Waals surface area (Å²) in [6.45, 7) is 8.76. The number of nitrogens with two attached hydrogens (primary N) is 1. The minimum atomic E-state index is -0.353. The third-order valence-electron chi connectivity index (χ3n) is 6.76. The van der Waals surface area contributed by atoms with Gasteiger partial charge in [0.2, 0.25) is 5.91 Å². The number of hydrogen-bond donors (Lipinski definition) is 3. The third kappa shape index (κ3) is 3.58. The van der Waals surface area contributed by atoms with Crippen LogP contribution in [0.1, 0.15) is 60.9 Å². The van der Waals surface area contributed by atoms with Gasteiger partial charge in [-0.3, -0.25) is 4.79 Å². The maximum atomic E-state index is 11.5. The summed E-state index contributed by atoms with van der Waals surface area (Å²) in [5, 5.41) is 4.78. The number of piperidine rings is 1. The number of aromatic nitrogens is 3. The van der Waals surface area contributed by atoms with Crippen LogP contribution in [0.3, 0.4) is 0 Å². The minimum absolute atomic E-state index is 0.174. The molecule has 0 saturated carbocycles. The number of benzene rings is 1. The number of pyridine rings is 1. The zero-order valence-electron chi connectivity index (χ0n) is 19.0. The number of aryl methyl sites for hydroxylation is 1. The monoisotopic (exact) mass is 429 g/mol. The summed E-state index contributed by atoms with van der Waals surface area (Å²) >= 11 is 0. The molecule has 1 aliphatic heterocycles. The van der Waals surface area contributed by atoms with Crippen molar-refractivity contribution in [2.24, 2.45) is 5.73 Å². The van der Waals surface area contributed by atoms with Crippen LogP contribution in [0.4, 0.5) is 0 Å². The minimum Gasteiger partial charge on any atom is -0.369 e. The smallest absolute Gasteiger partial charge is 0.223 e. The Morgan fingerprint density at radius 3 is 2.75 bits per heavy atom. The maximum absolute atomic E-state index is 11.5. The highest BCUT2D eigenvalue weighted by Crippen LogP contribution is 2.38. The van der Waals surface area contributed by atoms with E-state index in [1.54, 1.807) is 6.20 Å². The molecule has 1 saturated heterocycles. The molecular weight excluding hydrogens is 398 g/mol. The molecule has 0 bridgehead atoms. The number of imidazole rings is 1. The average molecular weight is 430 g/mol. The van der Waals surface area contributed by atoms with Gasteiger partial charge in [0.15, 0.2) is 0 Å². The molecule has 6 heteroatoms. The number of carbonyl (C=O) groups is 1. The lowest BCUT2D eigenvalue weighted by molar-refractivity contribution is -0.117. The Balaban J connectivity index is 1.67. The van der Waals surface area contributed by atoms with Crippen LogP contribution in [0, 0.1) is 6.92 Å². The molecule has 0 aliphatic carbocycles. The highest BCUT2D eigenvalue weighted by Gasteiger charge is 2.21. The Morgan fingerprint density at radius 2 is 2.03 bits per heavy atom. The summed E-state index contributed by atoms with van der Waals surface area (Å²) in [5.41, 5.74) is 14.4. The van der Waals surface area contributed by atoms with Crippen molar-refractivity contribution in [3.05, 3.63) is 59.0 Å². The van der Waals surface area contributed by atoms with Crippen molar-refractivity contribution >= 4 is 22.5 Å². The van der Waals surface area contributed by atoms with E-state index in [9.17, 15) is 4.79 Å². The van der Waals surface area contributed by atoms with Gasteiger partial charge < -0.3 is 20.4 Å². The first-order chi connectivity index (χ1) is 15.4. The molecular formula is C26H31N5O. The summed E-state index contributed by atoms with van der Waals surface area (Å²) in [5.74, 6) is 0.639. The Kier molecular flexibility index (Phi) is 5.25. The third-order valence-corrected chi connectivity index (χ3v) is 6.76. The second-order valence-electron chi connectivity index (χ2n) is 9.40. The van der Waals surface area contributed by atoms with Crippen LogP contribution in [0.15, 0.2) is 36.7 Å². The van der Waals surface area contributed by atoms with Crippen LogP contribution in [-0.2, 0) is 11.2 Å². The zero-order valence-corrected chi connectivity index (χ0v) is 19.0. The summed E-state index contributed by atoms with van der Waals surface area (Å²) < 4.78 is 2.01. The second-order valence-corrected chi connectivity index (χ2v) is 9.40. The van der Waals surface area contributed by atoms with E-state index in [1.807, 2.05) is 4.40 Å². The lowest BCUT2D eigenvalue weighted by atomic mass is 9.88. The van der Waals surface area contributed by atoms with Crippen LogP contribution >= 0.6 is 0 Å². The van der Waals surface area contributed by atoms with E-state index in [2.05, 4.69) is 66.5 Å². The van der Waals surface area contributed by atoms with Crippen molar-refractivity contribution in [2.75, 3.05) is 13.1 Å². The fourth-order valence-corrected chi connectivity index (χ4v) is 5.22. The van der Waals surface area contributed by atoms with E-state index < -0.39 is 0 Å². The van der Waals surface area contributed by atoms with Gasteiger partial charge in [-0.25, -0.2) is 4.98 Å². The number of primary amides is 1. The molecule has 5 rings (SSSR count). The molecule has 4 aromatic rings. The topological polar surface area (TPSA) is 88.2 Å². The van der Waals surface area contributed by atoms with Crippen molar-refractivity contribution < 1.29 is 4.79 Å². The maximum Gasteiger partial charge on any atom is 0.223 e. The molecule has 4 N–H and O–H groups in total. The molecule has 1 aromatic carbocycles. The molecule has 0 spiro atoms. The first-order valence-electron chi connectivity index (χ1n) is 11.5. The van der Waals surface area contributed by atoms with E-state index in [0.717, 1.165) is 41.3 Å². The van der Waals surface area contributed by atoms with E-state index in [4.69, 9.17) is 5.73 Å². The number of carbonyl (C=O) groups excluding carboxylic acids is 1. The molecule has 0 atom stereocenters. The van der Waals surface area contributed by atoms with Crippen LogP contribution in [0.2, 0.25) is 0 Å². The quantitative estimate of drug-likeness (QED) is 0.439. The second kappa shape index (κ2) is 8.10.